The summed E-state index contributed by atoms with van der Waals surface area (Å²) in [6.45, 7) is 4.58. The summed E-state index contributed by atoms with van der Waals surface area (Å²) in [5.74, 6) is 0. The van der Waals surface area contributed by atoms with E-state index in [0.29, 0.717) is 5.41 Å². The van der Waals surface area contributed by atoms with Crippen LogP contribution in [0.15, 0.2) is 28.7 Å². The first kappa shape index (κ1) is 13.1. The molecule has 0 amide bonds. The zero-order valence-corrected chi connectivity index (χ0v) is 12.2. The highest BCUT2D eigenvalue weighted by atomic mass is 79.9. The van der Waals surface area contributed by atoms with Gasteiger partial charge < -0.3 is 5.32 Å². The van der Waals surface area contributed by atoms with E-state index in [1.807, 2.05) is 0 Å². The van der Waals surface area contributed by atoms with Crippen LogP contribution in [0.25, 0.3) is 0 Å². The number of halogens is 1. The van der Waals surface area contributed by atoms with Crippen molar-refractivity contribution in [2.75, 3.05) is 13.1 Å². The second kappa shape index (κ2) is 6.01. The Bertz CT molecular complexity index is 340. The molecule has 0 aliphatic carbocycles. The van der Waals surface area contributed by atoms with Crippen molar-refractivity contribution < 1.29 is 0 Å². The third-order valence-corrected chi connectivity index (χ3v) is 4.42. The van der Waals surface area contributed by atoms with Gasteiger partial charge in [0.1, 0.15) is 0 Å². The minimum atomic E-state index is 0.425. The standard InChI is InChI=1S/C15H22BrN/c1-2-3-4-5-10-15(11-17-12-15)13-6-8-14(16)9-7-13/h6-9,17H,2-5,10-12H2,1H3. The van der Waals surface area contributed by atoms with Gasteiger partial charge in [0.25, 0.3) is 0 Å². The van der Waals surface area contributed by atoms with Crippen molar-refractivity contribution in [3.8, 4) is 0 Å². The van der Waals surface area contributed by atoms with Gasteiger partial charge in [-0.15, -0.1) is 0 Å². The van der Waals surface area contributed by atoms with Crippen LogP contribution in [0.3, 0.4) is 0 Å². The first-order valence-electron chi connectivity index (χ1n) is 6.74. The van der Waals surface area contributed by atoms with Crippen molar-refractivity contribution in [3.63, 3.8) is 0 Å². The molecule has 0 spiro atoms. The minimum absolute atomic E-state index is 0.425. The number of rotatable bonds is 6. The molecule has 17 heavy (non-hydrogen) atoms. The number of unbranched alkanes of at least 4 members (excludes halogenated alkanes) is 3. The maximum Gasteiger partial charge on any atom is 0.0202 e. The number of hydrogen-bond donors (Lipinski definition) is 1. The van der Waals surface area contributed by atoms with Crippen LogP contribution < -0.4 is 5.32 Å². The van der Waals surface area contributed by atoms with E-state index in [1.165, 1.54) is 42.1 Å². The van der Waals surface area contributed by atoms with Gasteiger partial charge in [-0.1, -0.05) is 60.7 Å². The van der Waals surface area contributed by atoms with Gasteiger partial charge in [-0.05, 0) is 24.1 Å². The predicted octanol–water partition coefficient (Wildman–Crippen LogP) is 4.26. The lowest BCUT2D eigenvalue weighted by atomic mass is 9.71. The lowest BCUT2D eigenvalue weighted by Crippen LogP contribution is -2.56. The van der Waals surface area contributed by atoms with Crippen molar-refractivity contribution >= 4 is 15.9 Å². The predicted molar refractivity (Wildman–Crippen MR) is 77.4 cm³/mol. The third-order valence-electron chi connectivity index (χ3n) is 3.89. The van der Waals surface area contributed by atoms with E-state index in [2.05, 4.69) is 52.4 Å². The molecular formula is C15H22BrN. The Morgan fingerprint density at radius 1 is 1.12 bits per heavy atom. The number of hydrogen-bond acceptors (Lipinski definition) is 1. The highest BCUT2D eigenvalue weighted by Crippen LogP contribution is 2.34. The van der Waals surface area contributed by atoms with E-state index in [4.69, 9.17) is 0 Å². The number of nitrogens with one attached hydrogen (secondary N) is 1. The molecule has 0 radical (unpaired) electrons. The molecular weight excluding hydrogens is 274 g/mol. The molecule has 1 saturated heterocycles. The van der Waals surface area contributed by atoms with E-state index in [1.54, 1.807) is 0 Å². The normalized spacial score (nSPS) is 17.8. The third kappa shape index (κ3) is 3.11. The molecule has 1 aromatic rings. The van der Waals surface area contributed by atoms with Gasteiger partial charge in [0.15, 0.2) is 0 Å². The zero-order chi connectivity index (χ0) is 12.1. The van der Waals surface area contributed by atoms with Crippen LogP contribution in [-0.4, -0.2) is 13.1 Å². The fourth-order valence-corrected chi connectivity index (χ4v) is 2.91. The van der Waals surface area contributed by atoms with Crippen LogP contribution in [0.1, 0.15) is 44.6 Å². The highest BCUT2D eigenvalue weighted by Gasteiger charge is 2.37. The zero-order valence-electron chi connectivity index (χ0n) is 10.6. The quantitative estimate of drug-likeness (QED) is 0.773. The summed E-state index contributed by atoms with van der Waals surface area (Å²) in [5.41, 5.74) is 1.94. The van der Waals surface area contributed by atoms with Gasteiger partial charge in [-0.2, -0.15) is 0 Å². The molecule has 0 saturated carbocycles. The molecule has 0 bridgehead atoms. The van der Waals surface area contributed by atoms with Crippen molar-refractivity contribution in [1.29, 1.82) is 0 Å². The smallest absolute Gasteiger partial charge is 0.0202 e. The second-order valence-corrected chi connectivity index (χ2v) is 6.12. The maximum atomic E-state index is 3.51. The van der Waals surface area contributed by atoms with E-state index >= 15 is 0 Å². The molecule has 0 unspecified atom stereocenters. The number of benzene rings is 1. The van der Waals surface area contributed by atoms with Gasteiger partial charge in [0, 0.05) is 23.0 Å². The first-order valence-corrected chi connectivity index (χ1v) is 7.53. The molecule has 2 rings (SSSR count). The van der Waals surface area contributed by atoms with Gasteiger partial charge in [-0.3, -0.25) is 0 Å². The Balaban J connectivity index is 1.96. The Morgan fingerprint density at radius 3 is 2.35 bits per heavy atom. The Hall–Kier alpha value is -0.340. The fraction of sp³-hybridized carbons (Fsp3) is 0.600. The molecule has 2 heteroatoms. The fourth-order valence-electron chi connectivity index (χ4n) is 2.65. The van der Waals surface area contributed by atoms with E-state index in [9.17, 15) is 0 Å². The first-order chi connectivity index (χ1) is 8.27. The van der Waals surface area contributed by atoms with E-state index in [0.717, 1.165) is 13.1 Å². The van der Waals surface area contributed by atoms with Crippen molar-refractivity contribution in [3.05, 3.63) is 34.3 Å². The van der Waals surface area contributed by atoms with Crippen molar-refractivity contribution in [1.82, 2.24) is 5.32 Å². The van der Waals surface area contributed by atoms with Crippen LogP contribution >= 0.6 is 15.9 Å². The van der Waals surface area contributed by atoms with Crippen LogP contribution in [0.5, 0.6) is 0 Å². The molecule has 0 atom stereocenters. The van der Waals surface area contributed by atoms with Gasteiger partial charge in [0.05, 0.1) is 0 Å². The molecule has 1 aliphatic rings. The SMILES string of the molecule is CCCCCCC1(c2ccc(Br)cc2)CNC1. The van der Waals surface area contributed by atoms with Gasteiger partial charge in [-0.25, -0.2) is 0 Å². The summed E-state index contributed by atoms with van der Waals surface area (Å²) < 4.78 is 1.18. The minimum Gasteiger partial charge on any atom is -0.315 e. The van der Waals surface area contributed by atoms with Crippen LogP contribution in [-0.2, 0) is 5.41 Å². The monoisotopic (exact) mass is 295 g/mol. The highest BCUT2D eigenvalue weighted by molar-refractivity contribution is 9.10. The Morgan fingerprint density at radius 2 is 1.82 bits per heavy atom. The largest absolute Gasteiger partial charge is 0.315 e. The van der Waals surface area contributed by atoms with Crippen LogP contribution in [0.4, 0.5) is 0 Å². The Kier molecular flexibility index (Phi) is 4.63. The summed E-state index contributed by atoms with van der Waals surface area (Å²) in [6, 6.07) is 8.90. The molecule has 1 heterocycles. The van der Waals surface area contributed by atoms with Crippen LogP contribution in [0, 0.1) is 0 Å². The molecule has 94 valence electrons. The summed E-state index contributed by atoms with van der Waals surface area (Å²) in [5, 5.41) is 3.44. The maximum absolute atomic E-state index is 3.51. The molecule has 1 aliphatic heterocycles. The summed E-state index contributed by atoms with van der Waals surface area (Å²) in [4.78, 5) is 0. The van der Waals surface area contributed by atoms with Crippen molar-refractivity contribution in [2.45, 2.75) is 44.4 Å². The topological polar surface area (TPSA) is 12.0 Å². The van der Waals surface area contributed by atoms with Gasteiger partial charge in [0.2, 0.25) is 0 Å². The summed E-state index contributed by atoms with van der Waals surface area (Å²) >= 11 is 3.51. The lowest BCUT2D eigenvalue weighted by Gasteiger charge is -2.43. The molecule has 1 nitrogen and oxygen atoms in total. The summed E-state index contributed by atoms with van der Waals surface area (Å²) in [6.07, 6.45) is 6.79. The average Bonchev–Trinajstić information content (AvgIpc) is 2.29. The van der Waals surface area contributed by atoms with E-state index < -0.39 is 0 Å². The second-order valence-electron chi connectivity index (χ2n) is 5.20. The molecule has 1 N–H and O–H groups in total. The van der Waals surface area contributed by atoms with Gasteiger partial charge >= 0.3 is 0 Å². The molecule has 1 fully saturated rings. The average molecular weight is 296 g/mol. The molecule has 1 aromatic carbocycles. The van der Waals surface area contributed by atoms with Crippen LogP contribution in [0.2, 0.25) is 0 Å². The molecule has 0 aromatic heterocycles. The Labute approximate surface area is 113 Å². The van der Waals surface area contributed by atoms with E-state index in [-0.39, 0.29) is 0 Å². The lowest BCUT2D eigenvalue weighted by molar-refractivity contribution is 0.249. The van der Waals surface area contributed by atoms with Crippen molar-refractivity contribution in [2.24, 2.45) is 0 Å². The summed E-state index contributed by atoms with van der Waals surface area (Å²) in [7, 11) is 0.